The maximum atomic E-state index is 12.6. The fourth-order valence-electron chi connectivity index (χ4n) is 2.76. The van der Waals surface area contributed by atoms with Gasteiger partial charge in [-0.15, -0.1) is 0 Å². The summed E-state index contributed by atoms with van der Waals surface area (Å²) in [5, 5.41) is 12.1. The third kappa shape index (κ3) is 3.53. The fraction of sp³-hybridized carbons (Fsp3) is 0.278. The molecule has 2 N–H and O–H groups in total. The first-order chi connectivity index (χ1) is 11.6. The lowest BCUT2D eigenvalue weighted by Gasteiger charge is -2.17. The molecular weight excluding hydrogens is 306 g/mol. The highest BCUT2D eigenvalue weighted by molar-refractivity contribution is 5.98. The van der Waals surface area contributed by atoms with Gasteiger partial charge in [0, 0.05) is 25.8 Å². The molecule has 0 unspecified atom stereocenters. The van der Waals surface area contributed by atoms with Crippen LogP contribution >= 0.6 is 0 Å². The lowest BCUT2D eigenvalue weighted by molar-refractivity contribution is 0.0696. The molecule has 1 aromatic heterocycles. The number of benzene rings is 1. The molecule has 1 amide bonds. The van der Waals surface area contributed by atoms with Gasteiger partial charge in [0.05, 0.1) is 11.1 Å². The number of anilines is 1. The van der Waals surface area contributed by atoms with Crippen molar-refractivity contribution in [2.45, 2.75) is 19.4 Å². The molecule has 1 saturated heterocycles. The zero-order valence-corrected chi connectivity index (χ0v) is 13.2. The molecule has 24 heavy (non-hydrogen) atoms. The molecule has 3 rings (SSSR count). The van der Waals surface area contributed by atoms with Crippen LogP contribution in [0.25, 0.3) is 0 Å². The first-order valence-corrected chi connectivity index (χ1v) is 7.95. The van der Waals surface area contributed by atoms with Gasteiger partial charge in [-0.2, -0.15) is 0 Å². The molecule has 0 aliphatic carbocycles. The van der Waals surface area contributed by atoms with E-state index in [1.54, 1.807) is 42.6 Å². The molecule has 1 fully saturated rings. The van der Waals surface area contributed by atoms with Gasteiger partial charge in [0.15, 0.2) is 0 Å². The molecule has 2 heterocycles. The van der Waals surface area contributed by atoms with Crippen molar-refractivity contribution in [2.24, 2.45) is 0 Å². The van der Waals surface area contributed by atoms with Crippen molar-refractivity contribution < 1.29 is 14.7 Å². The summed E-state index contributed by atoms with van der Waals surface area (Å²) >= 11 is 0. The first kappa shape index (κ1) is 16.0. The highest BCUT2D eigenvalue weighted by atomic mass is 16.4. The van der Waals surface area contributed by atoms with Crippen molar-refractivity contribution >= 4 is 17.7 Å². The number of carboxylic acid groups (broad SMARTS) is 1. The van der Waals surface area contributed by atoms with Crippen LogP contribution in [0.15, 0.2) is 42.6 Å². The number of hydrogen-bond acceptors (Lipinski definition) is 4. The van der Waals surface area contributed by atoms with Gasteiger partial charge in [0.25, 0.3) is 5.91 Å². The molecule has 6 heteroatoms. The number of aromatic carboxylic acids is 1. The van der Waals surface area contributed by atoms with E-state index in [4.69, 9.17) is 5.11 Å². The van der Waals surface area contributed by atoms with Crippen molar-refractivity contribution in [1.82, 2.24) is 9.88 Å². The minimum Gasteiger partial charge on any atom is -0.478 e. The average molecular weight is 325 g/mol. The highest BCUT2D eigenvalue weighted by Gasteiger charge is 2.22. The van der Waals surface area contributed by atoms with E-state index in [0.29, 0.717) is 17.9 Å². The van der Waals surface area contributed by atoms with E-state index >= 15 is 0 Å². The van der Waals surface area contributed by atoms with Gasteiger partial charge < -0.3 is 15.3 Å². The molecule has 1 aliphatic heterocycles. The third-order valence-electron chi connectivity index (χ3n) is 4.09. The molecule has 0 spiro atoms. The lowest BCUT2D eigenvalue weighted by Crippen LogP contribution is -2.28. The number of amides is 1. The molecule has 0 radical (unpaired) electrons. The number of aromatic nitrogens is 1. The normalized spacial score (nSPS) is 13.8. The van der Waals surface area contributed by atoms with Gasteiger partial charge >= 0.3 is 5.97 Å². The van der Waals surface area contributed by atoms with Crippen LogP contribution < -0.4 is 5.32 Å². The molecule has 1 aliphatic rings. The Balaban J connectivity index is 1.71. The molecule has 0 atom stereocenters. The summed E-state index contributed by atoms with van der Waals surface area (Å²) < 4.78 is 0. The largest absolute Gasteiger partial charge is 0.478 e. The Morgan fingerprint density at radius 3 is 2.50 bits per heavy atom. The average Bonchev–Trinajstić information content (AvgIpc) is 3.14. The number of pyridine rings is 1. The molecule has 2 aromatic rings. The van der Waals surface area contributed by atoms with Crippen LogP contribution in [0.1, 0.15) is 39.1 Å². The second-order valence-corrected chi connectivity index (χ2v) is 5.75. The third-order valence-corrected chi connectivity index (χ3v) is 4.09. The van der Waals surface area contributed by atoms with Gasteiger partial charge in [0.2, 0.25) is 0 Å². The van der Waals surface area contributed by atoms with Crippen molar-refractivity contribution in [1.29, 1.82) is 0 Å². The predicted octanol–water partition coefficient (Wildman–Crippen LogP) is 2.63. The number of nitrogens with zero attached hydrogens (tertiary/aromatic N) is 2. The monoisotopic (exact) mass is 325 g/mol. The van der Waals surface area contributed by atoms with Gasteiger partial charge in [-0.1, -0.05) is 12.1 Å². The Bertz CT molecular complexity index is 737. The number of nitrogens with one attached hydrogen (secondary N) is 1. The number of carboxylic acids is 1. The minimum atomic E-state index is -0.947. The van der Waals surface area contributed by atoms with E-state index in [1.165, 1.54) is 0 Å². The molecule has 0 bridgehead atoms. The Morgan fingerprint density at radius 2 is 1.83 bits per heavy atom. The van der Waals surface area contributed by atoms with Crippen LogP contribution in [-0.2, 0) is 6.54 Å². The Labute approximate surface area is 140 Å². The Hall–Kier alpha value is -2.89. The number of carbonyl (C=O) groups is 2. The van der Waals surface area contributed by atoms with Crippen LogP contribution in [0.3, 0.4) is 0 Å². The summed E-state index contributed by atoms with van der Waals surface area (Å²) in [4.78, 5) is 29.6. The van der Waals surface area contributed by atoms with Gasteiger partial charge in [0.1, 0.15) is 5.82 Å². The van der Waals surface area contributed by atoms with Crippen LogP contribution in [0, 0.1) is 0 Å². The first-order valence-electron chi connectivity index (χ1n) is 7.95. The summed E-state index contributed by atoms with van der Waals surface area (Å²) in [5.74, 6) is -0.390. The summed E-state index contributed by atoms with van der Waals surface area (Å²) in [7, 11) is 0. The molecular formula is C18H19N3O3. The number of hydrogen-bond donors (Lipinski definition) is 2. The van der Waals surface area contributed by atoms with E-state index < -0.39 is 5.97 Å². The van der Waals surface area contributed by atoms with E-state index in [2.05, 4.69) is 10.3 Å². The Kier molecular flexibility index (Phi) is 4.74. The lowest BCUT2D eigenvalue weighted by atomic mass is 10.1. The van der Waals surface area contributed by atoms with E-state index in [9.17, 15) is 9.59 Å². The number of rotatable bonds is 5. The summed E-state index contributed by atoms with van der Waals surface area (Å²) in [6, 6.07) is 10.2. The highest BCUT2D eigenvalue weighted by Crippen LogP contribution is 2.18. The zero-order valence-electron chi connectivity index (χ0n) is 13.2. The van der Waals surface area contributed by atoms with E-state index in [0.717, 1.165) is 31.5 Å². The van der Waals surface area contributed by atoms with E-state index in [-0.39, 0.29) is 11.5 Å². The maximum absolute atomic E-state index is 12.6. The van der Waals surface area contributed by atoms with E-state index in [1.807, 2.05) is 4.90 Å². The molecule has 1 aromatic carbocycles. The summed E-state index contributed by atoms with van der Waals surface area (Å²) in [5.41, 5.74) is 1.74. The van der Waals surface area contributed by atoms with Gasteiger partial charge in [-0.05, 0) is 42.7 Å². The standard InChI is InChI=1S/C18H19N3O3/c22-17(21-10-1-2-11-21)15-4-3-9-19-16(15)20-12-13-5-7-14(8-6-13)18(23)24/h3-9H,1-2,10-12H2,(H,19,20)(H,23,24). The second-order valence-electron chi connectivity index (χ2n) is 5.75. The number of likely N-dealkylation sites (tertiary alicyclic amines) is 1. The van der Waals surface area contributed by atoms with Crippen molar-refractivity contribution in [3.63, 3.8) is 0 Å². The van der Waals surface area contributed by atoms with Crippen LogP contribution in [0.4, 0.5) is 5.82 Å². The topological polar surface area (TPSA) is 82.5 Å². The van der Waals surface area contributed by atoms with Crippen LogP contribution in [0.2, 0.25) is 0 Å². The Morgan fingerprint density at radius 1 is 1.12 bits per heavy atom. The minimum absolute atomic E-state index is 0.00400. The van der Waals surface area contributed by atoms with Crippen molar-refractivity contribution in [3.05, 3.63) is 59.3 Å². The molecule has 0 saturated carbocycles. The van der Waals surface area contributed by atoms with Gasteiger partial charge in [-0.25, -0.2) is 9.78 Å². The van der Waals surface area contributed by atoms with Crippen molar-refractivity contribution in [3.8, 4) is 0 Å². The quantitative estimate of drug-likeness (QED) is 0.883. The SMILES string of the molecule is O=C(O)c1ccc(CNc2ncccc2C(=O)N2CCCC2)cc1. The van der Waals surface area contributed by atoms with Crippen molar-refractivity contribution in [2.75, 3.05) is 18.4 Å². The smallest absolute Gasteiger partial charge is 0.335 e. The van der Waals surface area contributed by atoms with Crippen LogP contribution in [-0.4, -0.2) is 40.0 Å². The maximum Gasteiger partial charge on any atom is 0.335 e. The summed E-state index contributed by atoms with van der Waals surface area (Å²) in [6.07, 6.45) is 3.74. The predicted molar refractivity (Wildman–Crippen MR) is 90.1 cm³/mol. The van der Waals surface area contributed by atoms with Crippen LogP contribution in [0.5, 0.6) is 0 Å². The second kappa shape index (κ2) is 7.12. The summed E-state index contributed by atoms with van der Waals surface area (Å²) in [6.45, 7) is 2.06. The fourth-order valence-corrected chi connectivity index (χ4v) is 2.76. The molecule has 6 nitrogen and oxygen atoms in total. The number of carbonyl (C=O) groups excluding carboxylic acids is 1. The zero-order chi connectivity index (χ0) is 16.9. The molecule has 124 valence electrons. The van der Waals surface area contributed by atoms with Gasteiger partial charge in [-0.3, -0.25) is 4.79 Å².